The summed E-state index contributed by atoms with van der Waals surface area (Å²) in [5.74, 6) is 0.657. The van der Waals surface area contributed by atoms with Crippen molar-refractivity contribution < 1.29 is 9.53 Å². The summed E-state index contributed by atoms with van der Waals surface area (Å²) in [4.78, 5) is 14.4. The molecule has 0 atom stereocenters. The zero-order valence-corrected chi connectivity index (χ0v) is 15.9. The summed E-state index contributed by atoms with van der Waals surface area (Å²) in [6.45, 7) is 12.1. The molecule has 1 heterocycles. The van der Waals surface area contributed by atoms with E-state index in [-0.39, 0.29) is 0 Å². The van der Waals surface area contributed by atoms with E-state index in [4.69, 9.17) is 10.5 Å². The van der Waals surface area contributed by atoms with Crippen LogP contribution in [0.15, 0.2) is 18.2 Å². The minimum atomic E-state index is -0.522. The molecule has 0 unspecified atom stereocenters. The van der Waals surface area contributed by atoms with Crippen molar-refractivity contribution in [2.75, 3.05) is 42.5 Å². The van der Waals surface area contributed by atoms with Crippen LogP contribution >= 0.6 is 0 Å². The Bertz CT molecular complexity index is 575. The van der Waals surface area contributed by atoms with Crippen molar-refractivity contribution in [2.45, 2.75) is 46.1 Å². The van der Waals surface area contributed by atoms with Crippen molar-refractivity contribution >= 4 is 23.2 Å². The zero-order chi connectivity index (χ0) is 18.4. The van der Waals surface area contributed by atoms with Crippen LogP contribution in [0.3, 0.4) is 0 Å². The first kappa shape index (κ1) is 19.4. The maximum absolute atomic E-state index is 11.9. The van der Waals surface area contributed by atoms with Crippen LogP contribution in [0, 0.1) is 5.92 Å². The lowest BCUT2D eigenvalue weighted by Gasteiger charge is -2.31. The van der Waals surface area contributed by atoms with Gasteiger partial charge in [-0.3, -0.25) is 5.32 Å². The number of hydrogen-bond acceptors (Lipinski definition) is 5. The molecule has 1 saturated heterocycles. The predicted molar refractivity (Wildman–Crippen MR) is 104 cm³/mol. The van der Waals surface area contributed by atoms with E-state index < -0.39 is 11.7 Å². The number of nitrogen functional groups attached to an aromatic ring is 1. The number of rotatable bonds is 5. The highest BCUT2D eigenvalue weighted by Crippen LogP contribution is 2.25. The Morgan fingerprint density at radius 1 is 1.32 bits per heavy atom. The van der Waals surface area contributed by atoms with Gasteiger partial charge in [-0.2, -0.15) is 0 Å². The number of nitrogens with two attached hydrogens (primary N) is 1. The molecule has 25 heavy (non-hydrogen) atoms. The fourth-order valence-corrected chi connectivity index (χ4v) is 2.97. The SMILES string of the molecule is CCN1CCC(CNc2cc(NC(=O)OC(C)(C)C)ccc2N)CC1. The molecule has 1 fully saturated rings. The largest absolute Gasteiger partial charge is 0.444 e. The lowest BCUT2D eigenvalue weighted by atomic mass is 9.96. The second-order valence-electron chi connectivity index (χ2n) is 7.69. The smallest absolute Gasteiger partial charge is 0.412 e. The minimum absolute atomic E-state index is 0.463. The first-order valence-corrected chi connectivity index (χ1v) is 9.12. The standard InChI is InChI=1S/C19H32N4O2/c1-5-23-10-8-14(9-11-23)13-21-17-12-15(6-7-16(17)20)22-18(24)25-19(2,3)4/h6-7,12,14,21H,5,8-11,13,20H2,1-4H3,(H,22,24). The highest BCUT2D eigenvalue weighted by molar-refractivity contribution is 5.87. The van der Waals surface area contributed by atoms with Gasteiger partial charge in [-0.25, -0.2) is 4.79 Å². The van der Waals surface area contributed by atoms with Gasteiger partial charge in [0.2, 0.25) is 0 Å². The highest BCUT2D eigenvalue weighted by Gasteiger charge is 2.19. The third kappa shape index (κ3) is 6.46. The van der Waals surface area contributed by atoms with E-state index >= 15 is 0 Å². The Labute approximate surface area is 151 Å². The van der Waals surface area contributed by atoms with Gasteiger partial charge in [-0.1, -0.05) is 6.92 Å². The van der Waals surface area contributed by atoms with Crippen molar-refractivity contribution in [1.82, 2.24) is 4.90 Å². The molecular formula is C19H32N4O2. The van der Waals surface area contributed by atoms with Crippen LogP contribution in [0.25, 0.3) is 0 Å². The molecule has 1 aliphatic rings. The average Bonchev–Trinajstić information content (AvgIpc) is 2.54. The molecular weight excluding hydrogens is 316 g/mol. The topological polar surface area (TPSA) is 79.6 Å². The molecule has 6 nitrogen and oxygen atoms in total. The highest BCUT2D eigenvalue weighted by atomic mass is 16.6. The van der Waals surface area contributed by atoms with Crippen molar-refractivity contribution in [3.05, 3.63) is 18.2 Å². The number of anilines is 3. The van der Waals surface area contributed by atoms with E-state index in [1.807, 2.05) is 26.8 Å². The fourth-order valence-electron chi connectivity index (χ4n) is 2.97. The van der Waals surface area contributed by atoms with Gasteiger partial charge >= 0.3 is 6.09 Å². The van der Waals surface area contributed by atoms with Crippen LogP contribution in [0.5, 0.6) is 0 Å². The molecule has 0 saturated carbocycles. The molecule has 2 rings (SSSR count). The molecule has 4 N–H and O–H groups in total. The van der Waals surface area contributed by atoms with E-state index in [0.717, 1.165) is 18.8 Å². The summed E-state index contributed by atoms with van der Waals surface area (Å²) in [7, 11) is 0. The second kappa shape index (κ2) is 8.43. The van der Waals surface area contributed by atoms with Crippen LogP contribution < -0.4 is 16.4 Å². The van der Waals surface area contributed by atoms with Gasteiger partial charge in [0.15, 0.2) is 0 Å². The number of likely N-dealkylation sites (tertiary alicyclic amines) is 1. The van der Waals surface area contributed by atoms with Crippen LogP contribution in [0.1, 0.15) is 40.5 Å². The van der Waals surface area contributed by atoms with Crippen molar-refractivity contribution in [1.29, 1.82) is 0 Å². The molecule has 6 heteroatoms. The van der Waals surface area contributed by atoms with Crippen molar-refractivity contribution in [3.8, 4) is 0 Å². The van der Waals surface area contributed by atoms with Gasteiger partial charge in [-0.15, -0.1) is 0 Å². The lowest BCUT2D eigenvalue weighted by Crippen LogP contribution is -2.35. The number of benzene rings is 1. The Morgan fingerprint density at radius 2 is 2.00 bits per heavy atom. The summed E-state index contributed by atoms with van der Waals surface area (Å²) in [5, 5.41) is 6.20. The molecule has 1 aromatic rings. The van der Waals surface area contributed by atoms with E-state index in [1.54, 1.807) is 12.1 Å². The van der Waals surface area contributed by atoms with Crippen molar-refractivity contribution in [2.24, 2.45) is 5.92 Å². The Balaban J connectivity index is 1.89. The van der Waals surface area contributed by atoms with E-state index in [9.17, 15) is 4.79 Å². The van der Waals surface area contributed by atoms with Crippen LogP contribution in [-0.4, -0.2) is 42.8 Å². The van der Waals surface area contributed by atoms with Gasteiger partial charge in [-0.05, 0) is 77.4 Å². The number of ether oxygens (including phenoxy) is 1. The summed E-state index contributed by atoms with van der Waals surface area (Å²) < 4.78 is 5.28. The summed E-state index contributed by atoms with van der Waals surface area (Å²) >= 11 is 0. The van der Waals surface area contributed by atoms with E-state index in [1.165, 1.54) is 25.9 Å². The van der Waals surface area contributed by atoms with E-state index in [0.29, 0.717) is 17.3 Å². The van der Waals surface area contributed by atoms with Crippen LogP contribution in [-0.2, 0) is 4.74 Å². The monoisotopic (exact) mass is 348 g/mol. The third-order valence-corrected chi connectivity index (χ3v) is 4.43. The normalized spacial score (nSPS) is 16.5. The average molecular weight is 348 g/mol. The number of piperidine rings is 1. The van der Waals surface area contributed by atoms with Crippen LogP contribution in [0.2, 0.25) is 0 Å². The Hall–Kier alpha value is -1.95. The molecule has 1 amide bonds. The zero-order valence-electron chi connectivity index (χ0n) is 15.9. The first-order chi connectivity index (χ1) is 11.8. The molecule has 0 spiro atoms. The number of carbonyl (C=O) groups is 1. The molecule has 0 aliphatic carbocycles. The fraction of sp³-hybridized carbons (Fsp3) is 0.632. The quantitative estimate of drug-likeness (QED) is 0.706. The number of hydrogen-bond donors (Lipinski definition) is 3. The van der Waals surface area contributed by atoms with Gasteiger partial charge in [0.1, 0.15) is 5.60 Å². The third-order valence-electron chi connectivity index (χ3n) is 4.43. The summed E-state index contributed by atoms with van der Waals surface area (Å²) in [5.41, 5.74) is 7.75. The Kier molecular flexibility index (Phi) is 6.53. The summed E-state index contributed by atoms with van der Waals surface area (Å²) in [6.07, 6.45) is 1.95. The molecule has 140 valence electrons. The molecule has 0 bridgehead atoms. The molecule has 1 aliphatic heterocycles. The molecule has 1 aromatic carbocycles. The number of nitrogens with zero attached hydrogens (tertiary/aromatic N) is 1. The van der Waals surface area contributed by atoms with Crippen LogP contribution in [0.4, 0.5) is 21.9 Å². The van der Waals surface area contributed by atoms with Gasteiger partial charge in [0.05, 0.1) is 11.4 Å². The maximum atomic E-state index is 11.9. The minimum Gasteiger partial charge on any atom is -0.444 e. The predicted octanol–water partition coefficient (Wildman–Crippen LogP) is 3.76. The Morgan fingerprint density at radius 3 is 2.60 bits per heavy atom. The van der Waals surface area contributed by atoms with E-state index in [2.05, 4.69) is 22.5 Å². The molecule has 0 radical (unpaired) electrons. The van der Waals surface area contributed by atoms with Gasteiger partial charge in [0.25, 0.3) is 0 Å². The second-order valence-corrected chi connectivity index (χ2v) is 7.69. The molecule has 0 aromatic heterocycles. The number of nitrogens with one attached hydrogen (secondary N) is 2. The maximum Gasteiger partial charge on any atom is 0.412 e. The van der Waals surface area contributed by atoms with Crippen molar-refractivity contribution in [3.63, 3.8) is 0 Å². The number of carbonyl (C=O) groups excluding carboxylic acids is 1. The van der Waals surface area contributed by atoms with Gasteiger partial charge < -0.3 is 20.7 Å². The lowest BCUT2D eigenvalue weighted by molar-refractivity contribution is 0.0636. The number of amides is 1. The first-order valence-electron chi connectivity index (χ1n) is 9.12. The summed E-state index contributed by atoms with van der Waals surface area (Å²) in [6, 6.07) is 5.44. The van der Waals surface area contributed by atoms with Gasteiger partial charge in [0, 0.05) is 12.2 Å².